The smallest absolute Gasteiger partial charge is 0.401 e. The molecule has 0 heterocycles. The number of carboxylic acid groups (broad SMARTS) is 2. The molecule has 0 unspecified atom stereocenters. The molecule has 1 aromatic rings. The van der Waals surface area contributed by atoms with E-state index in [1.807, 2.05) is 0 Å². The fraction of sp³-hybridized carbons (Fsp3) is 0.600. The third-order valence-corrected chi connectivity index (χ3v) is 7.77. The van der Waals surface area contributed by atoms with E-state index in [-0.39, 0.29) is 6.61 Å². The molecule has 0 saturated heterocycles. The van der Waals surface area contributed by atoms with Crippen LogP contribution in [0.3, 0.4) is 0 Å². The van der Waals surface area contributed by atoms with Crippen LogP contribution in [-0.2, 0) is 20.9 Å². The average Bonchev–Trinajstić information content (AvgIpc) is 2.65. The Labute approximate surface area is 173 Å². The molecule has 7 nitrogen and oxygen atoms in total. The fourth-order valence-corrected chi connectivity index (χ4v) is 5.77. The van der Waals surface area contributed by atoms with Crippen molar-refractivity contribution in [2.45, 2.75) is 70.7 Å². The number of hydrogen-bond donors (Lipinski definition) is 2. The van der Waals surface area contributed by atoms with Gasteiger partial charge < -0.3 is 24.3 Å². The maximum absolute atomic E-state index is 14.2. The van der Waals surface area contributed by atoms with Gasteiger partial charge in [-0.25, -0.2) is 14.0 Å². The summed E-state index contributed by atoms with van der Waals surface area (Å²) in [4.78, 5) is 24.8. The van der Waals surface area contributed by atoms with Crippen LogP contribution in [0.5, 0.6) is 0 Å². The van der Waals surface area contributed by atoms with Crippen LogP contribution in [-0.4, -0.2) is 59.9 Å². The molecule has 0 radical (unpaired) electrons. The summed E-state index contributed by atoms with van der Waals surface area (Å²) in [6.07, 6.45) is -3.08. The van der Waals surface area contributed by atoms with Crippen molar-refractivity contribution >= 4 is 21.0 Å². The van der Waals surface area contributed by atoms with Crippen LogP contribution in [0.25, 0.3) is 0 Å². The Morgan fingerprint density at radius 3 is 2.07 bits per heavy atom. The minimum Gasteiger partial charge on any atom is -0.478 e. The summed E-state index contributed by atoms with van der Waals surface area (Å²) in [6.45, 7) is 7.15. The Morgan fingerprint density at radius 1 is 1.14 bits per heavy atom. The maximum Gasteiger partial charge on any atom is 0.401 e. The van der Waals surface area contributed by atoms with E-state index >= 15 is 0 Å². The fourth-order valence-electron chi connectivity index (χ4n) is 3.25. The summed E-state index contributed by atoms with van der Waals surface area (Å²) in [5, 5.41) is 20.2. The lowest BCUT2D eigenvalue weighted by atomic mass is 10.1. The number of rotatable bonds is 11. The van der Waals surface area contributed by atoms with E-state index in [1.54, 1.807) is 65.0 Å². The Balaban J connectivity index is 3.58. The summed E-state index contributed by atoms with van der Waals surface area (Å²) in [5.41, 5.74) is -2.76. The number of nitrogens with zero attached hydrogens (tertiary/aromatic N) is 1. The van der Waals surface area contributed by atoms with Gasteiger partial charge in [0.15, 0.2) is 8.96 Å². The average molecular weight is 430 g/mol. The number of ether oxygens (including phenoxy) is 2. The second-order valence-electron chi connectivity index (χ2n) is 7.77. The Kier molecular flexibility index (Phi) is 9.25. The number of hydrogen-bond acceptors (Lipinski definition) is 4. The highest BCUT2D eigenvalue weighted by molar-refractivity contribution is 6.58. The molecule has 0 fully saturated rings. The van der Waals surface area contributed by atoms with Crippen LogP contribution in [0.1, 0.15) is 40.2 Å². The van der Waals surface area contributed by atoms with E-state index in [0.717, 1.165) is 4.57 Å². The first-order valence-corrected chi connectivity index (χ1v) is 11.9. The van der Waals surface area contributed by atoms with Gasteiger partial charge in [0.05, 0.1) is 12.2 Å². The molecule has 1 aromatic carbocycles. The van der Waals surface area contributed by atoms with Gasteiger partial charge >= 0.3 is 12.1 Å². The molecule has 0 spiro atoms. The first-order chi connectivity index (χ1) is 13.5. The van der Waals surface area contributed by atoms with E-state index in [9.17, 15) is 24.2 Å². The summed E-state index contributed by atoms with van der Waals surface area (Å²) in [5.74, 6) is -1.58. The largest absolute Gasteiger partial charge is 0.478 e. The van der Waals surface area contributed by atoms with E-state index in [0.29, 0.717) is 17.7 Å². The van der Waals surface area contributed by atoms with E-state index < -0.39 is 45.1 Å². The maximum atomic E-state index is 14.2. The molecule has 164 valence electrons. The lowest BCUT2D eigenvalue weighted by Gasteiger charge is -2.47. The number of amides is 1. The lowest BCUT2D eigenvalue weighted by Crippen LogP contribution is -2.70. The van der Waals surface area contributed by atoms with Crippen molar-refractivity contribution < 1.29 is 33.7 Å². The van der Waals surface area contributed by atoms with Crippen molar-refractivity contribution in [3.05, 3.63) is 35.9 Å². The Morgan fingerprint density at radius 2 is 1.69 bits per heavy atom. The summed E-state index contributed by atoms with van der Waals surface area (Å²) in [6, 6.07) is 9.69. The van der Waals surface area contributed by atoms with E-state index in [2.05, 4.69) is 0 Å². The van der Waals surface area contributed by atoms with Gasteiger partial charge in [0.1, 0.15) is 12.8 Å². The minimum atomic E-state index is -2.49. The molecular formula is C20H32FNO6Si. The third kappa shape index (κ3) is 6.25. The molecule has 0 aliphatic heterocycles. The topological polar surface area (TPSA) is 96.3 Å². The number of aliphatic carboxylic acids is 1. The zero-order chi connectivity index (χ0) is 22.2. The molecule has 0 saturated carbocycles. The van der Waals surface area contributed by atoms with Crippen molar-refractivity contribution in [1.82, 2.24) is 4.57 Å². The van der Waals surface area contributed by atoms with Crippen LogP contribution in [0.4, 0.5) is 9.18 Å². The molecule has 0 aliphatic carbocycles. The van der Waals surface area contributed by atoms with Crippen molar-refractivity contribution in [3.63, 3.8) is 0 Å². The van der Waals surface area contributed by atoms with Crippen LogP contribution in [0.2, 0.25) is 12.1 Å². The number of benzene rings is 1. The van der Waals surface area contributed by atoms with Crippen molar-refractivity contribution in [1.29, 1.82) is 0 Å². The predicted molar refractivity (Wildman–Crippen MR) is 110 cm³/mol. The zero-order valence-corrected chi connectivity index (χ0v) is 18.9. The third-order valence-electron chi connectivity index (χ3n) is 4.55. The molecular weight excluding hydrogens is 397 g/mol. The monoisotopic (exact) mass is 429 g/mol. The predicted octanol–water partition coefficient (Wildman–Crippen LogP) is 3.88. The molecule has 0 aromatic heterocycles. The van der Waals surface area contributed by atoms with Crippen molar-refractivity contribution in [2.75, 3.05) is 6.67 Å². The van der Waals surface area contributed by atoms with Crippen LogP contribution in [0, 0.1) is 0 Å². The molecule has 2 atom stereocenters. The molecule has 9 heteroatoms. The second-order valence-corrected chi connectivity index (χ2v) is 11.2. The standard InChI is InChI=1S/C20H32FNO6Si/c1-6-29(7-2)22(18(25)26)20(17(23)24,16(13-21)28-19(3,4)5)27-14-15-11-9-8-10-12-15/h8-12,16,29H,6-7,13-14H2,1-5H3,(H,23,24)(H,25,26)/t16-,20+/m1/s1. The Hall–Kier alpha value is -1.97. The zero-order valence-electron chi connectivity index (χ0n) is 17.7. The van der Waals surface area contributed by atoms with Gasteiger partial charge in [-0.05, 0) is 38.4 Å². The highest BCUT2D eigenvalue weighted by atomic mass is 28.3. The van der Waals surface area contributed by atoms with Crippen LogP contribution < -0.4 is 0 Å². The number of carboxylic acids is 1. The lowest BCUT2D eigenvalue weighted by molar-refractivity contribution is -0.237. The van der Waals surface area contributed by atoms with Gasteiger partial charge in [-0.15, -0.1) is 0 Å². The molecule has 1 rings (SSSR count). The van der Waals surface area contributed by atoms with E-state index in [4.69, 9.17) is 9.47 Å². The first-order valence-electron chi connectivity index (χ1n) is 9.70. The molecule has 1 amide bonds. The highest BCUT2D eigenvalue weighted by Crippen LogP contribution is 2.32. The number of alkyl halides is 1. The summed E-state index contributed by atoms with van der Waals surface area (Å²) in [7, 11) is -2.33. The molecule has 0 bridgehead atoms. The van der Waals surface area contributed by atoms with Gasteiger partial charge in [0.25, 0.3) is 5.72 Å². The highest BCUT2D eigenvalue weighted by Gasteiger charge is 2.58. The van der Waals surface area contributed by atoms with Crippen molar-refractivity contribution in [3.8, 4) is 0 Å². The molecule has 2 N–H and O–H groups in total. The molecule has 0 aliphatic rings. The first kappa shape index (κ1) is 25.1. The van der Waals surface area contributed by atoms with Crippen LogP contribution >= 0.6 is 0 Å². The summed E-state index contributed by atoms with van der Waals surface area (Å²) < 4.78 is 26.5. The normalized spacial score (nSPS) is 15.0. The second kappa shape index (κ2) is 10.7. The minimum absolute atomic E-state index is 0.199. The van der Waals surface area contributed by atoms with Gasteiger partial charge in [-0.1, -0.05) is 44.2 Å². The van der Waals surface area contributed by atoms with E-state index in [1.165, 1.54) is 0 Å². The van der Waals surface area contributed by atoms with Crippen LogP contribution in [0.15, 0.2) is 30.3 Å². The van der Waals surface area contributed by atoms with Gasteiger partial charge in [-0.2, -0.15) is 0 Å². The number of halogens is 1. The van der Waals surface area contributed by atoms with Gasteiger partial charge in [0.2, 0.25) is 0 Å². The summed E-state index contributed by atoms with van der Waals surface area (Å²) >= 11 is 0. The SMILES string of the molecule is CC[SiH](CC)N(C(=O)O)[C@@](OCc1ccccc1)(C(=O)O)[C@@H](CF)OC(C)(C)C. The quantitative estimate of drug-likeness (QED) is 0.409. The Bertz CT molecular complexity index is 665. The van der Waals surface area contributed by atoms with Gasteiger partial charge in [0, 0.05) is 0 Å². The number of carbonyl (C=O) groups is 2. The van der Waals surface area contributed by atoms with Gasteiger partial charge in [-0.3, -0.25) is 0 Å². The molecule has 29 heavy (non-hydrogen) atoms. The van der Waals surface area contributed by atoms with Crippen molar-refractivity contribution in [2.24, 2.45) is 0 Å².